The first-order chi connectivity index (χ1) is 30.6. The number of anilines is 5. The molecule has 12 rings (SSSR count). The Morgan fingerprint density at radius 3 is 2.18 bits per heavy atom. The highest BCUT2D eigenvalue weighted by molar-refractivity contribution is 7.26. The van der Waals surface area contributed by atoms with Crippen LogP contribution in [-0.4, -0.2) is 7.28 Å². The van der Waals surface area contributed by atoms with Crippen molar-refractivity contribution in [2.45, 2.75) is 39.5 Å². The Morgan fingerprint density at radius 2 is 1.35 bits per heavy atom. The molecule has 0 unspecified atom stereocenters. The highest BCUT2D eigenvalue weighted by atomic mass is 32.1. The Kier molecular flexibility index (Phi) is 8.82. The third kappa shape index (κ3) is 5.96. The molecule has 0 fully saturated rings. The SMILES string of the molecule is CCCCCc1ccc(N2c3cc4c(oc5ccccc54)c(-c4ccc5sc6ccccc6c5c4Nc4ccc(C)cc4)c3Bc3oc4ccccc4c32)c(-c2ccccc2)c1. The zero-order valence-corrected chi connectivity index (χ0v) is 35.6. The Balaban J connectivity index is 1.20. The van der Waals surface area contributed by atoms with Gasteiger partial charge >= 0.3 is 0 Å². The minimum absolute atomic E-state index is 0.598. The zero-order chi connectivity index (χ0) is 41.3. The summed E-state index contributed by atoms with van der Waals surface area (Å²) < 4.78 is 16.5. The topological polar surface area (TPSA) is 41.6 Å². The number of rotatable bonds is 9. The highest BCUT2D eigenvalue weighted by Crippen LogP contribution is 2.51. The van der Waals surface area contributed by atoms with Crippen LogP contribution in [0.3, 0.4) is 0 Å². The van der Waals surface area contributed by atoms with Crippen LogP contribution in [0, 0.1) is 6.92 Å². The van der Waals surface area contributed by atoms with E-state index in [1.165, 1.54) is 67.2 Å². The molecule has 8 aromatic carbocycles. The molecule has 0 spiro atoms. The van der Waals surface area contributed by atoms with Crippen molar-refractivity contribution >= 4 is 111 Å². The van der Waals surface area contributed by atoms with E-state index in [-0.39, 0.29) is 0 Å². The van der Waals surface area contributed by atoms with Gasteiger partial charge < -0.3 is 19.1 Å². The van der Waals surface area contributed by atoms with Crippen LogP contribution < -0.4 is 21.3 Å². The van der Waals surface area contributed by atoms with Crippen LogP contribution >= 0.6 is 11.3 Å². The number of unbranched alkanes of at least 4 members (excludes halogenated alkanes) is 2. The summed E-state index contributed by atoms with van der Waals surface area (Å²) in [5.74, 6) is 0. The fourth-order valence-electron chi connectivity index (χ4n) is 9.82. The van der Waals surface area contributed by atoms with Crippen molar-refractivity contribution in [2.75, 3.05) is 10.2 Å². The maximum absolute atomic E-state index is 7.08. The fraction of sp³-hybridized carbons (Fsp3) is 0.107. The number of fused-ring (bicyclic) bond motifs is 10. The molecule has 0 saturated heterocycles. The molecule has 1 aliphatic heterocycles. The van der Waals surface area contributed by atoms with Crippen LogP contribution in [0.4, 0.5) is 28.4 Å². The number of furan rings is 2. The van der Waals surface area contributed by atoms with Gasteiger partial charge in [-0.1, -0.05) is 128 Å². The molecule has 11 aromatic rings. The van der Waals surface area contributed by atoms with Gasteiger partial charge in [0.25, 0.3) is 0 Å². The first-order valence-electron chi connectivity index (χ1n) is 21.9. The first-order valence-corrected chi connectivity index (χ1v) is 22.7. The average Bonchev–Trinajstić information content (AvgIpc) is 4.00. The molecular formula is C56H43BN2O2S. The lowest BCUT2D eigenvalue weighted by atomic mass is 9.61. The molecule has 0 atom stereocenters. The molecule has 0 bridgehead atoms. The maximum atomic E-state index is 7.08. The van der Waals surface area contributed by atoms with E-state index in [1.807, 2.05) is 11.3 Å². The smallest absolute Gasteiger partial charge is 0.245 e. The van der Waals surface area contributed by atoms with Crippen LogP contribution in [0.5, 0.6) is 0 Å². The van der Waals surface area contributed by atoms with Crippen molar-refractivity contribution in [1.29, 1.82) is 0 Å². The number of hydrogen-bond acceptors (Lipinski definition) is 5. The van der Waals surface area contributed by atoms with Gasteiger partial charge in [-0.15, -0.1) is 11.3 Å². The normalized spacial score (nSPS) is 12.4. The minimum atomic E-state index is 0.598. The molecule has 1 aliphatic rings. The van der Waals surface area contributed by atoms with Crippen molar-refractivity contribution < 1.29 is 8.83 Å². The highest BCUT2D eigenvalue weighted by Gasteiger charge is 2.36. The standard InChI is InChI=1S/C56H43BN2O2S/c1-3-4-6-15-35-26-30-44(42(32-35)36-16-7-5-8-17-36)59-45-33-43-38-18-9-12-21-46(38)60-55(43)51(52(45)57-56-54(59)39-19-10-13-22-47(39)61-56)41-29-31-49-50(40-20-11-14-23-48(40)62-49)53(41)58-37-27-24-34(2)25-28-37/h5,7-14,16-33,57-58H,3-4,6,15H2,1-2H3. The predicted molar refractivity (Wildman–Crippen MR) is 266 cm³/mol. The van der Waals surface area contributed by atoms with Gasteiger partial charge in [0.1, 0.15) is 16.7 Å². The summed E-state index contributed by atoms with van der Waals surface area (Å²) in [5, 5.41) is 9.73. The lowest BCUT2D eigenvalue weighted by Gasteiger charge is -2.34. The summed E-state index contributed by atoms with van der Waals surface area (Å²) in [6.07, 6.45) is 4.64. The molecule has 0 radical (unpaired) electrons. The molecule has 6 heteroatoms. The van der Waals surface area contributed by atoms with Crippen LogP contribution in [0.15, 0.2) is 173 Å². The van der Waals surface area contributed by atoms with Crippen molar-refractivity contribution in [3.63, 3.8) is 0 Å². The monoisotopic (exact) mass is 818 g/mol. The minimum Gasteiger partial charge on any atom is -0.469 e. The lowest BCUT2D eigenvalue weighted by molar-refractivity contribution is 0.652. The van der Waals surface area contributed by atoms with E-state index >= 15 is 0 Å². The number of hydrogen-bond donors (Lipinski definition) is 1. The largest absolute Gasteiger partial charge is 0.469 e. The molecule has 4 heterocycles. The van der Waals surface area contributed by atoms with Gasteiger partial charge in [0.05, 0.1) is 22.7 Å². The van der Waals surface area contributed by atoms with Crippen LogP contribution in [-0.2, 0) is 6.42 Å². The summed E-state index contributed by atoms with van der Waals surface area (Å²) in [5.41, 5.74) is 17.4. The van der Waals surface area contributed by atoms with Gasteiger partial charge in [0, 0.05) is 64.4 Å². The van der Waals surface area contributed by atoms with Gasteiger partial charge in [0.2, 0.25) is 7.28 Å². The van der Waals surface area contributed by atoms with Crippen LogP contribution in [0.2, 0.25) is 0 Å². The van der Waals surface area contributed by atoms with E-state index in [0.717, 1.165) is 84.6 Å². The number of para-hydroxylation sites is 2. The predicted octanol–water partition coefficient (Wildman–Crippen LogP) is 15.0. The second-order valence-corrected chi connectivity index (χ2v) is 17.8. The molecule has 62 heavy (non-hydrogen) atoms. The molecule has 0 aliphatic carbocycles. The number of benzene rings is 8. The summed E-state index contributed by atoms with van der Waals surface area (Å²) >= 11 is 1.84. The molecule has 0 saturated carbocycles. The number of nitrogens with zero attached hydrogens (tertiary/aromatic N) is 1. The Morgan fingerprint density at radius 1 is 0.613 bits per heavy atom. The third-order valence-corrected chi connectivity index (χ3v) is 13.9. The van der Waals surface area contributed by atoms with Crippen molar-refractivity contribution in [3.05, 3.63) is 175 Å². The quantitative estimate of drug-likeness (QED) is 0.116. The molecule has 0 amide bonds. The Hall–Kier alpha value is -7.02. The van der Waals surface area contributed by atoms with Crippen molar-refractivity contribution in [3.8, 4) is 22.3 Å². The van der Waals surface area contributed by atoms with E-state index in [0.29, 0.717) is 7.28 Å². The lowest BCUT2D eigenvalue weighted by Crippen LogP contribution is -2.40. The average molecular weight is 819 g/mol. The number of aryl methyl sites for hydroxylation is 2. The number of nitrogens with one attached hydrogen (secondary N) is 1. The second kappa shape index (κ2) is 14.9. The summed E-state index contributed by atoms with van der Waals surface area (Å²) in [6, 6.07) is 59.5. The second-order valence-electron chi connectivity index (χ2n) is 16.7. The third-order valence-electron chi connectivity index (χ3n) is 12.8. The zero-order valence-electron chi connectivity index (χ0n) is 34.8. The summed E-state index contributed by atoms with van der Waals surface area (Å²) in [6.45, 7) is 4.41. The first kappa shape index (κ1) is 36.8. The van der Waals surface area contributed by atoms with E-state index in [1.54, 1.807) is 0 Å². The Labute approximate surface area is 365 Å². The molecule has 298 valence electrons. The molecule has 3 aromatic heterocycles. The molecular weight excluding hydrogens is 776 g/mol. The van der Waals surface area contributed by atoms with Crippen molar-refractivity contribution in [1.82, 2.24) is 0 Å². The van der Waals surface area contributed by atoms with Crippen LogP contribution in [0.25, 0.3) is 75.3 Å². The van der Waals surface area contributed by atoms with E-state index < -0.39 is 0 Å². The van der Waals surface area contributed by atoms with E-state index in [9.17, 15) is 0 Å². The van der Waals surface area contributed by atoms with E-state index in [4.69, 9.17) is 8.83 Å². The molecule has 1 N–H and O–H groups in total. The van der Waals surface area contributed by atoms with E-state index in [2.05, 4.69) is 188 Å². The summed E-state index contributed by atoms with van der Waals surface area (Å²) in [7, 11) is 0.598. The fourth-order valence-corrected chi connectivity index (χ4v) is 10.9. The van der Waals surface area contributed by atoms with Gasteiger partial charge in [0.15, 0.2) is 0 Å². The van der Waals surface area contributed by atoms with Gasteiger partial charge in [-0.25, -0.2) is 0 Å². The van der Waals surface area contributed by atoms with Gasteiger partial charge in [-0.3, -0.25) is 0 Å². The summed E-state index contributed by atoms with van der Waals surface area (Å²) in [4.78, 5) is 2.51. The van der Waals surface area contributed by atoms with Crippen LogP contribution in [0.1, 0.15) is 37.3 Å². The Bertz CT molecular complexity index is 3510. The van der Waals surface area contributed by atoms with Gasteiger partial charge in [-0.05, 0) is 97.0 Å². The van der Waals surface area contributed by atoms with Crippen molar-refractivity contribution in [2.24, 2.45) is 0 Å². The number of thiophene rings is 1. The van der Waals surface area contributed by atoms with Gasteiger partial charge in [-0.2, -0.15) is 0 Å². The maximum Gasteiger partial charge on any atom is 0.245 e. The molecule has 4 nitrogen and oxygen atoms in total.